The average Bonchev–Trinajstić information content (AvgIpc) is 2.24. The van der Waals surface area contributed by atoms with Crippen molar-refractivity contribution in [1.82, 2.24) is 0 Å². The van der Waals surface area contributed by atoms with Gasteiger partial charge >= 0.3 is 22.7 Å². The van der Waals surface area contributed by atoms with Crippen LogP contribution in [-0.4, -0.2) is 71.1 Å². The van der Waals surface area contributed by atoms with Crippen molar-refractivity contribution < 1.29 is 0 Å². The summed E-state index contributed by atoms with van der Waals surface area (Å²) in [6.45, 7) is -1.44. The van der Waals surface area contributed by atoms with Gasteiger partial charge in [0, 0.05) is 0 Å². The van der Waals surface area contributed by atoms with Crippen LogP contribution in [0.4, 0.5) is 0 Å². The Labute approximate surface area is 141 Å². The van der Waals surface area contributed by atoms with E-state index in [9.17, 15) is 0 Å². The van der Waals surface area contributed by atoms with Crippen LogP contribution in [0.15, 0.2) is 9.49 Å². The Kier molecular flexibility index (Phi) is 7.59. The van der Waals surface area contributed by atoms with Gasteiger partial charge in [-0.15, -0.1) is 6.90 Å². The summed E-state index contributed by atoms with van der Waals surface area (Å²) in [5.41, 5.74) is 0. The highest BCUT2D eigenvalue weighted by Gasteiger charge is 2.43. The van der Waals surface area contributed by atoms with Crippen LogP contribution >= 0.6 is 20.4 Å². The summed E-state index contributed by atoms with van der Waals surface area (Å²) in [4.78, 5) is 0. The summed E-state index contributed by atoms with van der Waals surface area (Å²) in [5.74, 6) is 0. The van der Waals surface area contributed by atoms with E-state index in [0.717, 1.165) is 0 Å². The highest BCUT2D eigenvalue weighted by molar-refractivity contribution is 8.30. The third-order valence-corrected chi connectivity index (χ3v) is 9.64. The van der Waals surface area contributed by atoms with Crippen LogP contribution in [0.2, 0.25) is 0 Å². The van der Waals surface area contributed by atoms with Gasteiger partial charge in [-0.1, -0.05) is 20.7 Å². The topological polar surface area (TPSA) is 24.7 Å². The van der Waals surface area contributed by atoms with Crippen molar-refractivity contribution in [2.45, 2.75) is 51.1 Å². The van der Waals surface area contributed by atoms with E-state index in [4.69, 9.17) is 60.5 Å². The lowest BCUT2D eigenvalue weighted by Crippen LogP contribution is -2.29. The standard InChI is InChI=1S/C8H16B8N2P3/c1-5-7(3,19(9,10)11)17-20(12,13)8(4,6-2)18-21(14,15)16/h5-6H2,1-4H3/q+1. The van der Waals surface area contributed by atoms with Gasteiger partial charge in [0.05, 0.1) is 5.28 Å². The van der Waals surface area contributed by atoms with Crippen molar-refractivity contribution in [2.75, 3.05) is 0 Å². The molecule has 0 fully saturated rings. The molecule has 0 aliphatic carbocycles. The zero-order chi connectivity index (χ0) is 17.3. The fraction of sp³-hybridized carbons (Fsp3) is 1.00. The van der Waals surface area contributed by atoms with Crippen LogP contribution in [0.5, 0.6) is 0 Å². The lowest BCUT2D eigenvalue weighted by Gasteiger charge is -2.43. The minimum atomic E-state index is -2.96. The highest BCUT2D eigenvalue weighted by atomic mass is 31.2. The number of hydrogen-bond acceptors (Lipinski definition) is 2. The minimum absolute atomic E-state index is 0.482. The maximum atomic E-state index is 6.30. The first-order chi connectivity index (χ1) is 9.04. The Bertz CT molecular complexity index is 472. The predicted molar refractivity (Wildman–Crippen MR) is 109 cm³/mol. The summed E-state index contributed by atoms with van der Waals surface area (Å²) in [5, 5.41) is -1.86. The minimum Gasteiger partial charge on any atom is -0.322 e. The van der Waals surface area contributed by atoms with Crippen molar-refractivity contribution in [1.29, 1.82) is 0 Å². The summed E-state index contributed by atoms with van der Waals surface area (Å²) < 4.78 is 8.83. The molecule has 0 amide bonds. The fourth-order valence-electron chi connectivity index (χ4n) is 1.65. The normalized spacial score (nSPS) is 19.2. The second-order valence-corrected chi connectivity index (χ2v) is 12.8. The van der Waals surface area contributed by atoms with Gasteiger partial charge in [0.1, 0.15) is 43.1 Å². The van der Waals surface area contributed by atoms with Crippen LogP contribution in [0.1, 0.15) is 40.5 Å². The fourth-order valence-corrected chi connectivity index (χ4v) is 6.77. The van der Waals surface area contributed by atoms with Crippen molar-refractivity contribution in [3.05, 3.63) is 0 Å². The van der Waals surface area contributed by atoms with Crippen molar-refractivity contribution in [2.24, 2.45) is 9.49 Å². The van der Waals surface area contributed by atoms with Gasteiger partial charge < -0.3 is 4.74 Å². The van der Waals surface area contributed by atoms with Gasteiger partial charge in [0.15, 0.2) is 0 Å². The molecule has 96 valence electrons. The highest BCUT2D eigenvalue weighted by Crippen LogP contribution is 2.67. The second-order valence-electron chi connectivity index (χ2n) is 5.71. The molecule has 0 N–H and O–H groups in total. The van der Waals surface area contributed by atoms with E-state index < -0.39 is 31.0 Å². The predicted octanol–water partition coefficient (Wildman–Crippen LogP) is 2.33. The van der Waals surface area contributed by atoms with E-state index in [0.29, 0.717) is 12.8 Å². The molecule has 2 unspecified atom stereocenters. The summed E-state index contributed by atoms with van der Waals surface area (Å²) in [6, 6.07) is 0. The van der Waals surface area contributed by atoms with Gasteiger partial charge in [-0.25, -0.2) is 0 Å². The molecule has 16 radical (unpaired) electrons. The lowest BCUT2D eigenvalue weighted by atomic mass is 10.3. The molecule has 0 bridgehead atoms. The Morgan fingerprint density at radius 1 is 0.857 bits per heavy atom. The Morgan fingerprint density at radius 2 is 1.29 bits per heavy atom. The first-order valence-electron chi connectivity index (χ1n) is 6.48. The van der Waals surface area contributed by atoms with Crippen LogP contribution < -0.4 is 0 Å². The molecule has 2 nitrogen and oxygen atoms in total. The number of hydrogen-bond donors (Lipinski definition) is 0. The molecular formula is C8H16B8N2P3+. The summed E-state index contributed by atoms with van der Waals surface area (Å²) in [7, 11) is 47.4. The molecule has 0 aliphatic rings. The quantitative estimate of drug-likeness (QED) is 0.530. The monoisotopic (exact) mass is 321 g/mol. The Hall–Kier alpha value is 1.41. The van der Waals surface area contributed by atoms with E-state index in [2.05, 4.69) is 9.49 Å². The molecule has 13 heteroatoms. The zero-order valence-electron chi connectivity index (χ0n) is 13.3. The van der Waals surface area contributed by atoms with E-state index >= 15 is 0 Å². The molecule has 0 saturated carbocycles. The van der Waals surface area contributed by atoms with Crippen LogP contribution in [0.3, 0.4) is 0 Å². The molecule has 0 saturated heterocycles. The first-order valence-corrected chi connectivity index (χ1v) is 12.3. The Balaban J connectivity index is 6.23. The summed E-state index contributed by atoms with van der Waals surface area (Å²) in [6.07, 6.45) is 0.990. The molecular weight excluding hydrogens is 304 g/mol. The molecule has 21 heavy (non-hydrogen) atoms. The molecule has 0 rings (SSSR count). The van der Waals surface area contributed by atoms with Crippen molar-refractivity contribution in [3.8, 4) is 0 Å². The smallest absolute Gasteiger partial charge is 0.322 e. The van der Waals surface area contributed by atoms with Crippen LogP contribution in [0.25, 0.3) is 0 Å². The maximum absolute atomic E-state index is 6.30. The summed E-state index contributed by atoms with van der Waals surface area (Å²) >= 11 is 0. The van der Waals surface area contributed by atoms with Gasteiger partial charge in [0.25, 0.3) is 0 Å². The average molecular weight is 320 g/mol. The van der Waals surface area contributed by atoms with Crippen molar-refractivity contribution in [3.63, 3.8) is 0 Å². The molecule has 0 heterocycles. The molecule has 0 aromatic rings. The third-order valence-electron chi connectivity index (χ3n) is 3.72. The van der Waals surface area contributed by atoms with Gasteiger partial charge in [0.2, 0.25) is 0 Å². The van der Waals surface area contributed by atoms with E-state index in [1.54, 1.807) is 13.8 Å². The van der Waals surface area contributed by atoms with Gasteiger partial charge in [-0.2, -0.15) is 6.69 Å². The third kappa shape index (κ3) is 5.76. The van der Waals surface area contributed by atoms with E-state index in [-0.39, 0.29) is 0 Å². The SMILES string of the molecule is [B]P([B])([B])=NC(C)(CC)P([B])([B])=NC(C)(CC)[P+]([B])([B])[B]. The Morgan fingerprint density at radius 3 is 1.52 bits per heavy atom. The second kappa shape index (κ2) is 7.11. The van der Waals surface area contributed by atoms with Crippen molar-refractivity contribution >= 4 is 80.9 Å². The first kappa shape index (κ1) is 22.4. The molecule has 0 aliphatic heterocycles. The maximum Gasteiger partial charge on any atom is 0.325 e. The molecule has 0 aromatic heterocycles. The number of rotatable bonds is 6. The van der Waals surface area contributed by atoms with E-state index in [1.807, 2.05) is 13.8 Å². The van der Waals surface area contributed by atoms with E-state index in [1.165, 1.54) is 0 Å². The zero-order valence-corrected chi connectivity index (χ0v) is 16.0. The molecule has 2 atom stereocenters. The van der Waals surface area contributed by atoms with Crippen LogP contribution in [0, 0.1) is 0 Å². The van der Waals surface area contributed by atoms with Gasteiger partial charge in [-0.3, -0.25) is 4.74 Å². The largest absolute Gasteiger partial charge is 0.325 e. The van der Waals surface area contributed by atoms with Crippen LogP contribution in [-0.2, 0) is 0 Å². The lowest BCUT2D eigenvalue weighted by molar-refractivity contribution is 0.627. The van der Waals surface area contributed by atoms with Gasteiger partial charge in [-0.05, 0) is 26.7 Å². The molecule has 0 spiro atoms. The number of nitrogens with zero attached hydrogens (tertiary/aromatic N) is 2. The molecule has 0 aromatic carbocycles.